The molecule has 0 spiro atoms. The topological polar surface area (TPSA) is 97.6 Å². The second kappa shape index (κ2) is 9.41. The molecule has 0 aliphatic heterocycles. The maximum atomic E-state index is 12.4. The summed E-state index contributed by atoms with van der Waals surface area (Å²) in [6.07, 6.45) is 4.89. The summed E-state index contributed by atoms with van der Waals surface area (Å²) in [4.78, 5) is 36.7. The van der Waals surface area contributed by atoms with Crippen LogP contribution in [0, 0.1) is 5.92 Å². The zero-order chi connectivity index (χ0) is 20.8. The molecule has 1 heterocycles. The minimum Gasteiger partial charge on any atom is -0.459 e. The molecule has 0 bridgehead atoms. The normalized spacial score (nSPS) is 19.8. The molecule has 2 N–H and O–H groups in total. The van der Waals surface area contributed by atoms with Gasteiger partial charge in [-0.2, -0.15) is 0 Å². The number of esters is 1. The largest absolute Gasteiger partial charge is 0.459 e. The quantitative estimate of drug-likeness (QED) is 0.722. The maximum absolute atomic E-state index is 12.4. The minimum atomic E-state index is -0.880. The number of ether oxygens (including phenoxy) is 1. The van der Waals surface area contributed by atoms with Crippen LogP contribution in [0.3, 0.4) is 0 Å². The molecule has 1 aromatic heterocycles. The number of carbonyl (C=O) groups excluding carboxylic acids is 3. The second-order valence-electron chi connectivity index (χ2n) is 7.43. The highest BCUT2D eigenvalue weighted by molar-refractivity contribution is 6.02. The lowest BCUT2D eigenvalue weighted by Gasteiger charge is -2.30. The van der Waals surface area contributed by atoms with Gasteiger partial charge in [0.1, 0.15) is 0 Å². The van der Waals surface area contributed by atoms with E-state index >= 15 is 0 Å². The third kappa shape index (κ3) is 5.47. The molecule has 0 radical (unpaired) electrons. The van der Waals surface area contributed by atoms with E-state index in [1.54, 1.807) is 31.2 Å². The van der Waals surface area contributed by atoms with Crippen LogP contribution in [0.5, 0.6) is 0 Å². The molecule has 154 valence electrons. The number of benzene rings is 1. The predicted octanol–water partition coefficient (Wildman–Crippen LogP) is 3.77. The number of hydrogen-bond donors (Lipinski definition) is 2. The van der Waals surface area contributed by atoms with E-state index in [9.17, 15) is 14.4 Å². The Bertz CT molecular complexity index is 845. The monoisotopic (exact) mass is 398 g/mol. The summed E-state index contributed by atoms with van der Waals surface area (Å²) in [6, 6.07) is 9.57. The summed E-state index contributed by atoms with van der Waals surface area (Å²) in [6.45, 7) is 3.70. The Balaban J connectivity index is 1.51. The summed E-state index contributed by atoms with van der Waals surface area (Å²) < 4.78 is 10.3. The fourth-order valence-electron chi connectivity index (χ4n) is 3.40. The van der Waals surface area contributed by atoms with Crippen molar-refractivity contribution in [2.75, 3.05) is 5.32 Å². The van der Waals surface area contributed by atoms with Crippen molar-refractivity contribution in [1.82, 2.24) is 5.32 Å². The van der Waals surface area contributed by atoms with Gasteiger partial charge in [0, 0.05) is 11.7 Å². The number of amides is 2. The smallest absolute Gasteiger partial charge is 0.338 e. The lowest BCUT2D eigenvalue weighted by atomic mass is 9.86. The standard InChI is InChI=1S/C22H26N2O5/c1-14-6-3-4-7-18(14)24-20(25)15(2)29-22(27)16-9-11-17(12-10-16)23-21(26)19-8-5-13-28-19/h5,8-15,18H,3-4,6-7H2,1-2H3,(H,23,26)(H,24,25)/t14-,15+,18+/m0/s1. The maximum Gasteiger partial charge on any atom is 0.338 e. The van der Waals surface area contributed by atoms with Crippen molar-refractivity contribution in [2.45, 2.75) is 51.7 Å². The molecule has 1 aliphatic carbocycles. The Labute approximate surface area is 169 Å². The lowest BCUT2D eigenvalue weighted by molar-refractivity contribution is -0.130. The first-order chi connectivity index (χ1) is 13.9. The first-order valence-electron chi connectivity index (χ1n) is 9.90. The molecule has 0 saturated heterocycles. The molecule has 2 aromatic rings. The van der Waals surface area contributed by atoms with E-state index in [0.29, 0.717) is 17.2 Å². The van der Waals surface area contributed by atoms with Gasteiger partial charge in [0.15, 0.2) is 11.9 Å². The minimum absolute atomic E-state index is 0.134. The highest BCUT2D eigenvalue weighted by atomic mass is 16.5. The zero-order valence-electron chi connectivity index (χ0n) is 16.6. The summed E-state index contributed by atoms with van der Waals surface area (Å²) >= 11 is 0. The molecule has 7 nitrogen and oxygen atoms in total. The number of anilines is 1. The van der Waals surface area contributed by atoms with Gasteiger partial charge in [0.05, 0.1) is 11.8 Å². The molecular weight excluding hydrogens is 372 g/mol. The second-order valence-corrected chi connectivity index (χ2v) is 7.43. The molecule has 1 aliphatic rings. The predicted molar refractivity (Wildman–Crippen MR) is 108 cm³/mol. The number of carbonyl (C=O) groups is 3. The summed E-state index contributed by atoms with van der Waals surface area (Å²) in [5.41, 5.74) is 0.812. The average Bonchev–Trinajstić information content (AvgIpc) is 3.25. The van der Waals surface area contributed by atoms with E-state index in [-0.39, 0.29) is 23.6 Å². The van der Waals surface area contributed by atoms with Crippen LogP contribution in [-0.2, 0) is 9.53 Å². The Morgan fingerprint density at radius 2 is 1.83 bits per heavy atom. The van der Waals surface area contributed by atoms with Gasteiger partial charge in [-0.05, 0) is 62.1 Å². The number of nitrogens with one attached hydrogen (secondary N) is 2. The van der Waals surface area contributed by atoms with Crippen LogP contribution < -0.4 is 10.6 Å². The van der Waals surface area contributed by atoms with Gasteiger partial charge in [-0.1, -0.05) is 19.8 Å². The Morgan fingerprint density at radius 1 is 1.10 bits per heavy atom. The lowest BCUT2D eigenvalue weighted by Crippen LogP contribution is -2.45. The van der Waals surface area contributed by atoms with E-state index in [0.717, 1.165) is 19.3 Å². The Hall–Kier alpha value is -3.09. The average molecular weight is 398 g/mol. The van der Waals surface area contributed by atoms with Crippen LogP contribution in [-0.4, -0.2) is 29.9 Å². The van der Waals surface area contributed by atoms with Crippen LogP contribution in [0.25, 0.3) is 0 Å². The van der Waals surface area contributed by atoms with E-state index < -0.39 is 12.1 Å². The van der Waals surface area contributed by atoms with Crippen molar-refractivity contribution < 1.29 is 23.5 Å². The number of rotatable bonds is 6. The van der Waals surface area contributed by atoms with Crippen molar-refractivity contribution in [3.63, 3.8) is 0 Å². The van der Waals surface area contributed by atoms with Crippen LogP contribution in [0.1, 0.15) is 60.4 Å². The van der Waals surface area contributed by atoms with E-state index in [1.807, 2.05) is 0 Å². The van der Waals surface area contributed by atoms with Crippen molar-refractivity contribution in [3.8, 4) is 0 Å². The van der Waals surface area contributed by atoms with E-state index in [2.05, 4.69) is 17.6 Å². The molecule has 0 unspecified atom stereocenters. The highest BCUT2D eigenvalue weighted by Crippen LogP contribution is 2.24. The molecule has 2 amide bonds. The first-order valence-corrected chi connectivity index (χ1v) is 9.90. The fraction of sp³-hybridized carbons (Fsp3) is 0.409. The molecule has 3 atom stereocenters. The van der Waals surface area contributed by atoms with Gasteiger partial charge in [0.25, 0.3) is 11.8 Å². The van der Waals surface area contributed by atoms with Crippen molar-refractivity contribution >= 4 is 23.5 Å². The van der Waals surface area contributed by atoms with Gasteiger partial charge in [-0.3, -0.25) is 9.59 Å². The van der Waals surface area contributed by atoms with Crippen LogP contribution >= 0.6 is 0 Å². The zero-order valence-corrected chi connectivity index (χ0v) is 16.6. The number of furan rings is 1. The van der Waals surface area contributed by atoms with E-state index in [4.69, 9.17) is 9.15 Å². The summed E-state index contributed by atoms with van der Waals surface area (Å²) in [7, 11) is 0. The molecule has 7 heteroatoms. The van der Waals surface area contributed by atoms with Crippen LogP contribution in [0.2, 0.25) is 0 Å². The van der Waals surface area contributed by atoms with E-state index in [1.165, 1.54) is 24.8 Å². The van der Waals surface area contributed by atoms with Gasteiger partial charge < -0.3 is 19.8 Å². The van der Waals surface area contributed by atoms with Crippen molar-refractivity contribution in [1.29, 1.82) is 0 Å². The Morgan fingerprint density at radius 3 is 2.48 bits per heavy atom. The third-order valence-corrected chi connectivity index (χ3v) is 5.22. The van der Waals surface area contributed by atoms with Gasteiger partial charge in [0.2, 0.25) is 0 Å². The fourth-order valence-corrected chi connectivity index (χ4v) is 3.40. The van der Waals surface area contributed by atoms with Gasteiger partial charge in [-0.15, -0.1) is 0 Å². The molecule has 1 saturated carbocycles. The Kier molecular flexibility index (Phi) is 6.69. The SMILES string of the molecule is C[C@@H](OC(=O)c1ccc(NC(=O)c2ccco2)cc1)C(=O)N[C@@H]1CCCC[C@@H]1C. The van der Waals surface area contributed by atoms with Gasteiger partial charge >= 0.3 is 5.97 Å². The summed E-state index contributed by atoms with van der Waals surface area (Å²) in [5.74, 6) is -0.625. The van der Waals surface area contributed by atoms with Crippen LogP contribution in [0.15, 0.2) is 47.1 Å². The highest BCUT2D eigenvalue weighted by Gasteiger charge is 2.26. The van der Waals surface area contributed by atoms with Crippen molar-refractivity contribution in [2.24, 2.45) is 5.92 Å². The molecule has 1 aromatic carbocycles. The van der Waals surface area contributed by atoms with Crippen LogP contribution in [0.4, 0.5) is 5.69 Å². The van der Waals surface area contributed by atoms with Crippen molar-refractivity contribution in [3.05, 3.63) is 54.0 Å². The molecular formula is C22H26N2O5. The molecule has 29 heavy (non-hydrogen) atoms. The number of hydrogen-bond acceptors (Lipinski definition) is 5. The third-order valence-electron chi connectivity index (χ3n) is 5.22. The molecule has 3 rings (SSSR count). The van der Waals surface area contributed by atoms with Gasteiger partial charge in [-0.25, -0.2) is 4.79 Å². The first kappa shape index (κ1) is 20.6. The summed E-state index contributed by atoms with van der Waals surface area (Å²) in [5, 5.41) is 5.67. The molecule has 1 fully saturated rings.